The molecule has 1 saturated carbocycles. The monoisotopic (exact) mass is 337 g/mol. The van der Waals surface area contributed by atoms with Crippen LogP contribution in [-0.2, 0) is 0 Å². The minimum Gasteiger partial charge on any atom is -0.395 e. The van der Waals surface area contributed by atoms with Gasteiger partial charge >= 0.3 is 0 Å². The Bertz CT molecular complexity index is 916. The number of likely N-dealkylation sites (N-methyl/N-ethyl adjacent to an activating group) is 1. The van der Waals surface area contributed by atoms with Gasteiger partial charge in [0.25, 0.3) is 11.6 Å². The summed E-state index contributed by atoms with van der Waals surface area (Å²) in [6, 6.07) is 11.5. The van der Waals surface area contributed by atoms with Gasteiger partial charge in [-0.3, -0.25) is 4.79 Å². The Labute approximate surface area is 145 Å². The first-order valence-electron chi connectivity index (χ1n) is 8.41. The van der Waals surface area contributed by atoms with Gasteiger partial charge in [0.2, 0.25) is 0 Å². The topological polar surface area (TPSA) is 79.5 Å². The minimum absolute atomic E-state index is 0.0822. The number of nitrogens with zero attached hydrogens (tertiary/aromatic N) is 3. The smallest absolute Gasteiger partial charge is 0.259 e. The van der Waals surface area contributed by atoms with Crippen LogP contribution in [0.15, 0.2) is 40.9 Å². The van der Waals surface area contributed by atoms with Crippen LogP contribution in [0.5, 0.6) is 0 Å². The lowest BCUT2D eigenvalue weighted by Crippen LogP contribution is -2.29. The van der Waals surface area contributed by atoms with Crippen LogP contribution < -0.4 is 0 Å². The van der Waals surface area contributed by atoms with Crippen molar-refractivity contribution in [3.63, 3.8) is 0 Å². The summed E-state index contributed by atoms with van der Waals surface area (Å²) in [6.07, 6.45) is 2.16. The van der Waals surface area contributed by atoms with Gasteiger partial charge in [-0.15, -0.1) is 0 Å². The minimum atomic E-state index is -0.163. The molecular formula is C19H19N3O3. The fraction of sp³-hybridized carbons (Fsp3) is 0.316. The molecule has 4 rings (SSSR count). The van der Waals surface area contributed by atoms with E-state index in [0.29, 0.717) is 28.3 Å². The molecular weight excluding hydrogens is 318 g/mol. The fourth-order valence-electron chi connectivity index (χ4n) is 2.98. The van der Waals surface area contributed by atoms with E-state index in [1.165, 1.54) is 4.90 Å². The average Bonchev–Trinajstić information content (AvgIpc) is 3.40. The van der Waals surface area contributed by atoms with E-state index in [0.717, 1.165) is 24.1 Å². The van der Waals surface area contributed by atoms with Crippen molar-refractivity contribution in [1.82, 2.24) is 15.0 Å². The normalized spacial score (nSPS) is 14.0. The summed E-state index contributed by atoms with van der Waals surface area (Å²) in [7, 11) is 1.68. The summed E-state index contributed by atoms with van der Waals surface area (Å²) in [5.74, 6) is 0.230. The van der Waals surface area contributed by atoms with Gasteiger partial charge in [-0.1, -0.05) is 35.5 Å². The van der Waals surface area contributed by atoms with Crippen molar-refractivity contribution in [2.45, 2.75) is 18.8 Å². The Morgan fingerprint density at radius 3 is 2.76 bits per heavy atom. The van der Waals surface area contributed by atoms with Gasteiger partial charge in [-0.05, 0) is 18.9 Å². The second kappa shape index (κ2) is 6.29. The van der Waals surface area contributed by atoms with Crippen molar-refractivity contribution < 1.29 is 14.4 Å². The van der Waals surface area contributed by atoms with Crippen molar-refractivity contribution in [2.75, 3.05) is 20.2 Å². The van der Waals surface area contributed by atoms with Crippen molar-refractivity contribution in [2.24, 2.45) is 0 Å². The van der Waals surface area contributed by atoms with Crippen molar-refractivity contribution in [3.05, 3.63) is 47.7 Å². The van der Waals surface area contributed by atoms with E-state index in [9.17, 15) is 4.79 Å². The highest BCUT2D eigenvalue weighted by molar-refractivity contribution is 6.09. The summed E-state index contributed by atoms with van der Waals surface area (Å²) < 4.78 is 5.47. The maximum atomic E-state index is 12.9. The first kappa shape index (κ1) is 15.8. The van der Waals surface area contributed by atoms with Crippen LogP contribution >= 0.6 is 0 Å². The van der Waals surface area contributed by atoms with Gasteiger partial charge in [0.1, 0.15) is 5.69 Å². The van der Waals surface area contributed by atoms with E-state index in [4.69, 9.17) is 9.63 Å². The van der Waals surface area contributed by atoms with Crippen LogP contribution in [0.3, 0.4) is 0 Å². The standard InChI is InChI=1S/C19H19N3O3/c1-22(9-10-23)19(24)14-11-15(12-7-8-12)20-18-16(14)17(21-25-18)13-5-3-2-4-6-13/h2-6,11-12,23H,7-10H2,1H3. The predicted octanol–water partition coefficient (Wildman–Crippen LogP) is 2.83. The summed E-state index contributed by atoms with van der Waals surface area (Å²) in [6.45, 7) is 0.189. The highest BCUT2D eigenvalue weighted by Crippen LogP contribution is 2.41. The van der Waals surface area contributed by atoms with Crippen molar-refractivity contribution in [3.8, 4) is 11.3 Å². The van der Waals surface area contributed by atoms with E-state index in [1.54, 1.807) is 7.05 Å². The Kier molecular flexibility index (Phi) is 3.97. The SMILES string of the molecule is CN(CCO)C(=O)c1cc(C2CC2)nc2onc(-c3ccccc3)c12. The quantitative estimate of drug-likeness (QED) is 0.774. The van der Waals surface area contributed by atoms with E-state index >= 15 is 0 Å². The fourth-order valence-corrected chi connectivity index (χ4v) is 2.98. The van der Waals surface area contributed by atoms with E-state index in [-0.39, 0.29) is 19.1 Å². The first-order valence-corrected chi connectivity index (χ1v) is 8.41. The lowest BCUT2D eigenvalue weighted by Gasteiger charge is -2.16. The van der Waals surface area contributed by atoms with Crippen LogP contribution in [0.1, 0.15) is 34.8 Å². The van der Waals surface area contributed by atoms with Gasteiger partial charge in [-0.25, -0.2) is 4.98 Å². The molecule has 2 heterocycles. The summed E-state index contributed by atoms with van der Waals surface area (Å²) in [5, 5.41) is 14.0. The van der Waals surface area contributed by atoms with E-state index in [1.807, 2.05) is 36.4 Å². The zero-order valence-corrected chi connectivity index (χ0v) is 14.0. The number of aromatic nitrogens is 2. The average molecular weight is 337 g/mol. The van der Waals surface area contributed by atoms with Crippen LogP contribution in [0.4, 0.5) is 0 Å². The maximum absolute atomic E-state index is 12.9. The number of amides is 1. The van der Waals surface area contributed by atoms with Crippen molar-refractivity contribution in [1.29, 1.82) is 0 Å². The number of carbonyl (C=O) groups excluding carboxylic acids is 1. The van der Waals surface area contributed by atoms with E-state index in [2.05, 4.69) is 10.1 Å². The molecule has 1 fully saturated rings. The molecule has 1 aromatic carbocycles. The molecule has 0 aliphatic heterocycles. The molecule has 128 valence electrons. The molecule has 0 spiro atoms. The molecule has 0 radical (unpaired) electrons. The molecule has 6 heteroatoms. The molecule has 1 aliphatic rings. The molecule has 1 aliphatic carbocycles. The van der Waals surface area contributed by atoms with Crippen molar-refractivity contribution >= 4 is 17.0 Å². The highest BCUT2D eigenvalue weighted by atomic mass is 16.5. The molecule has 0 bridgehead atoms. The number of hydrogen-bond acceptors (Lipinski definition) is 5. The molecule has 1 N–H and O–H groups in total. The lowest BCUT2D eigenvalue weighted by atomic mass is 10.0. The Hall–Kier alpha value is -2.73. The molecule has 3 aromatic rings. The number of rotatable bonds is 5. The Morgan fingerprint density at radius 2 is 2.08 bits per heavy atom. The number of aliphatic hydroxyl groups excluding tert-OH is 1. The molecule has 0 unspecified atom stereocenters. The number of fused-ring (bicyclic) bond motifs is 1. The van der Waals surface area contributed by atoms with Gasteiger partial charge in [0.05, 0.1) is 17.6 Å². The predicted molar refractivity (Wildman–Crippen MR) is 93.3 cm³/mol. The largest absolute Gasteiger partial charge is 0.395 e. The van der Waals surface area contributed by atoms with Gasteiger partial charge in [0, 0.05) is 30.8 Å². The third-order valence-electron chi connectivity index (χ3n) is 4.52. The summed E-state index contributed by atoms with van der Waals surface area (Å²) in [5.41, 5.74) is 3.29. The van der Waals surface area contributed by atoms with Crippen LogP contribution in [-0.4, -0.2) is 46.3 Å². The number of benzene rings is 1. The zero-order valence-electron chi connectivity index (χ0n) is 14.0. The van der Waals surface area contributed by atoms with Crippen LogP contribution in [0.25, 0.3) is 22.4 Å². The molecule has 6 nitrogen and oxygen atoms in total. The molecule has 0 atom stereocenters. The highest BCUT2D eigenvalue weighted by Gasteiger charge is 2.30. The van der Waals surface area contributed by atoms with Crippen LogP contribution in [0, 0.1) is 0 Å². The molecule has 1 amide bonds. The number of pyridine rings is 1. The second-order valence-corrected chi connectivity index (χ2v) is 6.40. The summed E-state index contributed by atoms with van der Waals surface area (Å²) in [4.78, 5) is 19.0. The Balaban J connectivity index is 1.90. The number of carbonyl (C=O) groups is 1. The third-order valence-corrected chi connectivity index (χ3v) is 4.52. The zero-order chi connectivity index (χ0) is 17.4. The second-order valence-electron chi connectivity index (χ2n) is 6.40. The molecule has 2 aromatic heterocycles. The Morgan fingerprint density at radius 1 is 1.32 bits per heavy atom. The summed E-state index contributed by atoms with van der Waals surface area (Å²) >= 11 is 0. The third kappa shape index (κ3) is 2.89. The molecule has 0 saturated heterocycles. The number of hydrogen-bond donors (Lipinski definition) is 1. The lowest BCUT2D eigenvalue weighted by molar-refractivity contribution is 0.0768. The first-order chi connectivity index (χ1) is 12.2. The van der Waals surface area contributed by atoms with Crippen LogP contribution in [0.2, 0.25) is 0 Å². The maximum Gasteiger partial charge on any atom is 0.259 e. The van der Waals surface area contributed by atoms with Gasteiger partial charge < -0.3 is 14.5 Å². The number of aliphatic hydroxyl groups is 1. The van der Waals surface area contributed by atoms with Gasteiger partial charge in [-0.2, -0.15) is 0 Å². The van der Waals surface area contributed by atoms with Gasteiger partial charge in [0.15, 0.2) is 0 Å². The van der Waals surface area contributed by atoms with E-state index < -0.39 is 0 Å². The molecule has 25 heavy (non-hydrogen) atoms.